The zero-order chi connectivity index (χ0) is 20.4. The maximum Gasteiger partial charge on any atom is 0.255 e. The summed E-state index contributed by atoms with van der Waals surface area (Å²) in [6, 6.07) is 4.28. The number of rotatable bonds is 8. The fraction of sp³-hybridized carbons (Fsp3) is 0.783. The van der Waals surface area contributed by atoms with E-state index in [1.807, 2.05) is 7.05 Å². The predicted octanol–water partition coefficient (Wildman–Crippen LogP) is 1.47. The smallest absolute Gasteiger partial charge is 0.255 e. The number of pyridine rings is 1. The quantitative estimate of drug-likeness (QED) is 0.690. The molecule has 4 rings (SSSR count). The summed E-state index contributed by atoms with van der Waals surface area (Å²) >= 11 is 0. The summed E-state index contributed by atoms with van der Waals surface area (Å²) in [5.74, 6) is 1.06. The van der Waals surface area contributed by atoms with E-state index in [2.05, 4.69) is 38.9 Å². The van der Waals surface area contributed by atoms with Crippen LogP contribution in [0.25, 0.3) is 0 Å². The molecule has 0 amide bonds. The first-order valence-corrected chi connectivity index (χ1v) is 11.4. The van der Waals surface area contributed by atoms with Crippen LogP contribution in [-0.4, -0.2) is 72.9 Å². The molecule has 1 aliphatic carbocycles. The molecule has 2 bridgehead atoms. The molecule has 1 aromatic rings. The largest absolute Gasteiger partial charge is 0.396 e. The molecule has 2 atom stereocenters. The van der Waals surface area contributed by atoms with E-state index < -0.39 is 0 Å². The fourth-order valence-corrected chi connectivity index (χ4v) is 6.07. The Morgan fingerprint density at radius 2 is 2.03 bits per heavy atom. The average molecular weight is 403 g/mol. The number of hydrogen-bond acceptors (Lipinski definition) is 5. The van der Waals surface area contributed by atoms with Gasteiger partial charge in [-0.05, 0) is 45.3 Å². The van der Waals surface area contributed by atoms with Crippen molar-refractivity contribution in [2.45, 2.75) is 51.1 Å². The zero-order valence-corrected chi connectivity index (χ0v) is 18.2. The van der Waals surface area contributed by atoms with Crippen LogP contribution in [0.4, 0.5) is 0 Å². The van der Waals surface area contributed by atoms with Crippen LogP contribution in [0.1, 0.15) is 49.3 Å². The maximum atomic E-state index is 13.3. The lowest BCUT2D eigenvalue weighted by molar-refractivity contribution is 0.0859. The molecule has 6 nitrogen and oxygen atoms in total. The highest BCUT2D eigenvalue weighted by Crippen LogP contribution is 2.38. The normalized spacial score (nSPS) is 26.1. The van der Waals surface area contributed by atoms with E-state index in [-0.39, 0.29) is 17.6 Å². The lowest BCUT2D eigenvalue weighted by Gasteiger charge is -2.43. The number of aliphatic hydroxyl groups excluding tert-OH is 1. The van der Waals surface area contributed by atoms with Gasteiger partial charge in [-0.2, -0.15) is 0 Å². The summed E-state index contributed by atoms with van der Waals surface area (Å²) in [6.07, 6.45) is 5.84. The molecule has 3 aliphatic rings. The Bertz CT molecular complexity index is 756. The van der Waals surface area contributed by atoms with Crippen LogP contribution < -0.4 is 10.9 Å². The number of likely N-dealkylation sites (N-methyl/N-ethyl adjacent to an activating group) is 1. The molecule has 162 valence electrons. The minimum absolute atomic E-state index is 0.0347. The lowest BCUT2D eigenvalue weighted by atomic mass is 9.83. The molecular weight excluding hydrogens is 364 g/mol. The van der Waals surface area contributed by atoms with Gasteiger partial charge in [-0.25, -0.2) is 0 Å². The van der Waals surface area contributed by atoms with Crippen LogP contribution in [0.5, 0.6) is 0 Å². The molecule has 2 N–H and O–H groups in total. The Kier molecular flexibility index (Phi) is 6.44. The van der Waals surface area contributed by atoms with Crippen molar-refractivity contribution in [3.63, 3.8) is 0 Å². The van der Waals surface area contributed by atoms with Gasteiger partial charge in [0.2, 0.25) is 0 Å². The van der Waals surface area contributed by atoms with E-state index in [1.165, 1.54) is 25.0 Å². The third kappa shape index (κ3) is 4.46. The van der Waals surface area contributed by atoms with Crippen molar-refractivity contribution in [1.82, 2.24) is 19.7 Å². The molecule has 1 saturated carbocycles. The first-order valence-electron chi connectivity index (χ1n) is 11.4. The van der Waals surface area contributed by atoms with Crippen LogP contribution in [0.2, 0.25) is 0 Å². The Morgan fingerprint density at radius 1 is 1.24 bits per heavy atom. The van der Waals surface area contributed by atoms with Gasteiger partial charge >= 0.3 is 0 Å². The van der Waals surface area contributed by atoms with Crippen molar-refractivity contribution in [3.8, 4) is 0 Å². The van der Waals surface area contributed by atoms with Gasteiger partial charge in [0.15, 0.2) is 0 Å². The van der Waals surface area contributed by atoms with Crippen molar-refractivity contribution < 1.29 is 5.11 Å². The summed E-state index contributed by atoms with van der Waals surface area (Å²) in [7, 11) is 4.10. The number of nitrogens with one attached hydrogen (secondary N) is 1. The summed E-state index contributed by atoms with van der Waals surface area (Å²) in [4.78, 5) is 18.1. The molecule has 3 heterocycles. The third-order valence-electron chi connectivity index (χ3n) is 7.48. The van der Waals surface area contributed by atoms with Crippen LogP contribution in [0.3, 0.4) is 0 Å². The Labute approximate surface area is 174 Å². The molecule has 29 heavy (non-hydrogen) atoms. The minimum atomic E-state index is 0.0347. The molecule has 1 aromatic heterocycles. The van der Waals surface area contributed by atoms with E-state index >= 15 is 0 Å². The summed E-state index contributed by atoms with van der Waals surface area (Å²) in [5, 5.41) is 13.2. The molecule has 0 radical (unpaired) electrons. The number of nitrogens with zero attached hydrogens (tertiary/aromatic N) is 3. The van der Waals surface area contributed by atoms with Crippen LogP contribution >= 0.6 is 0 Å². The summed E-state index contributed by atoms with van der Waals surface area (Å²) in [6.45, 7) is 6.94. The second-order valence-corrected chi connectivity index (χ2v) is 9.90. The second kappa shape index (κ2) is 8.88. The Hall–Kier alpha value is -1.21. The number of likely N-dealkylation sites (tertiary alicyclic amines) is 1. The molecule has 1 saturated heterocycles. The van der Waals surface area contributed by atoms with Gasteiger partial charge in [-0.15, -0.1) is 0 Å². The Morgan fingerprint density at radius 3 is 2.76 bits per heavy atom. The molecule has 0 aromatic carbocycles. The van der Waals surface area contributed by atoms with Gasteiger partial charge < -0.3 is 24.8 Å². The SMILES string of the molecule is CNCCN1C[C@@H]2C[C@H](C1)c1ccc(CN(C)CC3(CO)CCCC3)c(=O)n1C2. The van der Waals surface area contributed by atoms with Crippen molar-refractivity contribution in [1.29, 1.82) is 0 Å². The van der Waals surface area contributed by atoms with E-state index in [0.717, 1.165) is 57.7 Å². The van der Waals surface area contributed by atoms with E-state index in [9.17, 15) is 9.90 Å². The standard InChI is InChI=1S/C23H38N4O2/c1-24-9-10-26-12-18-11-20(15-26)21-6-5-19(22(29)27(21)13-18)14-25(2)16-23(17-28)7-3-4-8-23/h5-6,18,20,24,28H,3-4,7-17H2,1-2H3/t18-,20+/m0/s1. The van der Waals surface area contributed by atoms with Crippen LogP contribution in [0.15, 0.2) is 16.9 Å². The van der Waals surface area contributed by atoms with Crippen molar-refractivity contribution in [2.24, 2.45) is 11.3 Å². The predicted molar refractivity (Wildman–Crippen MR) is 116 cm³/mol. The van der Waals surface area contributed by atoms with Gasteiger partial charge in [0.05, 0.1) is 0 Å². The number of fused-ring (bicyclic) bond motifs is 4. The molecule has 2 aliphatic heterocycles. The highest BCUT2D eigenvalue weighted by Gasteiger charge is 2.36. The van der Waals surface area contributed by atoms with Crippen molar-refractivity contribution in [3.05, 3.63) is 33.7 Å². The monoisotopic (exact) mass is 402 g/mol. The molecular formula is C23H38N4O2. The van der Waals surface area contributed by atoms with Crippen molar-refractivity contribution in [2.75, 3.05) is 53.4 Å². The van der Waals surface area contributed by atoms with Crippen LogP contribution in [0, 0.1) is 11.3 Å². The van der Waals surface area contributed by atoms with E-state index in [0.29, 0.717) is 18.4 Å². The maximum absolute atomic E-state index is 13.3. The van der Waals surface area contributed by atoms with Gasteiger partial charge in [0, 0.05) is 75.0 Å². The van der Waals surface area contributed by atoms with Crippen LogP contribution in [-0.2, 0) is 13.1 Å². The topological polar surface area (TPSA) is 60.7 Å². The second-order valence-electron chi connectivity index (χ2n) is 9.90. The first kappa shape index (κ1) is 21.0. The Balaban J connectivity index is 1.47. The number of piperidine rings is 1. The fourth-order valence-electron chi connectivity index (χ4n) is 6.07. The third-order valence-corrected chi connectivity index (χ3v) is 7.48. The highest BCUT2D eigenvalue weighted by atomic mass is 16.3. The van der Waals surface area contributed by atoms with Gasteiger partial charge in [-0.3, -0.25) is 4.79 Å². The first-order chi connectivity index (χ1) is 14.0. The van der Waals surface area contributed by atoms with Crippen molar-refractivity contribution >= 4 is 0 Å². The summed E-state index contributed by atoms with van der Waals surface area (Å²) in [5.41, 5.74) is 2.37. The molecule has 0 unspecified atom stereocenters. The number of hydrogen-bond donors (Lipinski definition) is 2. The lowest BCUT2D eigenvalue weighted by Crippen LogP contribution is -2.49. The highest BCUT2D eigenvalue weighted by molar-refractivity contribution is 5.22. The zero-order valence-electron chi connectivity index (χ0n) is 18.2. The average Bonchev–Trinajstić information content (AvgIpc) is 3.17. The van der Waals surface area contributed by atoms with E-state index in [1.54, 1.807) is 0 Å². The van der Waals surface area contributed by atoms with Gasteiger partial charge in [0.1, 0.15) is 0 Å². The minimum Gasteiger partial charge on any atom is -0.396 e. The molecule has 6 heteroatoms. The number of aromatic nitrogens is 1. The van der Waals surface area contributed by atoms with Gasteiger partial charge in [-0.1, -0.05) is 18.9 Å². The number of aliphatic hydroxyl groups is 1. The van der Waals surface area contributed by atoms with E-state index in [4.69, 9.17) is 0 Å². The molecule has 0 spiro atoms. The van der Waals surface area contributed by atoms with Gasteiger partial charge in [0.25, 0.3) is 5.56 Å². The summed E-state index contributed by atoms with van der Waals surface area (Å²) < 4.78 is 2.08. The molecule has 2 fully saturated rings.